The molecule has 2 aromatic heterocycles. The van der Waals surface area contributed by atoms with Gasteiger partial charge in [0.2, 0.25) is 5.95 Å². The summed E-state index contributed by atoms with van der Waals surface area (Å²) in [6.45, 7) is 2.80. The first-order valence-corrected chi connectivity index (χ1v) is 6.96. The lowest BCUT2D eigenvalue weighted by Crippen LogP contribution is -2.05. The van der Waals surface area contributed by atoms with Crippen LogP contribution in [-0.2, 0) is 0 Å². The van der Waals surface area contributed by atoms with Gasteiger partial charge in [0, 0.05) is 17.1 Å². The van der Waals surface area contributed by atoms with Gasteiger partial charge in [-0.25, -0.2) is 9.37 Å². The van der Waals surface area contributed by atoms with Crippen LogP contribution in [0.1, 0.15) is 13.3 Å². The third kappa shape index (κ3) is 2.80. The lowest BCUT2D eigenvalue weighted by Gasteiger charge is -2.08. The van der Waals surface area contributed by atoms with Crippen molar-refractivity contribution in [1.29, 1.82) is 0 Å². The molecule has 0 bridgehead atoms. The van der Waals surface area contributed by atoms with E-state index in [-0.39, 0.29) is 0 Å². The minimum absolute atomic E-state index is 0.323. The van der Waals surface area contributed by atoms with Crippen LogP contribution in [0.25, 0.3) is 22.3 Å². The summed E-state index contributed by atoms with van der Waals surface area (Å²) in [5, 5.41) is 10.9. The van der Waals surface area contributed by atoms with Crippen molar-refractivity contribution in [3.8, 4) is 11.3 Å². The molecule has 0 aliphatic rings. The van der Waals surface area contributed by atoms with Gasteiger partial charge >= 0.3 is 0 Å². The van der Waals surface area contributed by atoms with E-state index in [0.29, 0.717) is 27.9 Å². The fourth-order valence-corrected chi connectivity index (χ4v) is 2.28. The molecule has 0 fully saturated rings. The van der Waals surface area contributed by atoms with Crippen molar-refractivity contribution < 1.29 is 4.39 Å². The van der Waals surface area contributed by atoms with Gasteiger partial charge in [0.25, 0.3) is 0 Å². The van der Waals surface area contributed by atoms with E-state index in [1.54, 1.807) is 12.3 Å². The van der Waals surface area contributed by atoms with E-state index in [0.717, 1.165) is 18.4 Å². The minimum Gasteiger partial charge on any atom is -0.354 e. The third-order valence-electron chi connectivity index (χ3n) is 2.98. The zero-order chi connectivity index (χ0) is 14.8. The highest BCUT2D eigenvalue weighted by atomic mass is 35.5. The largest absolute Gasteiger partial charge is 0.354 e. The SMILES string of the molecule is CCCNc1nc(-c2cc(F)cc(Cl)c2)c2cn[nH]c2n1. The van der Waals surface area contributed by atoms with Gasteiger partial charge in [-0.15, -0.1) is 0 Å². The molecule has 108 valence electrons. The van der Waals surface area contributed by atoms with Crippen LogP contribution in [0.4, 0.5) is 10.3 Å². The van der Waals surface area contributed by atoms with Crippen molar-refractivity contribution >= 4 is 28.6 Å². The van der Waals surface area contributed by atoms with Crippen molar-refractivity contribution in [2.45, 2.75) is 13.3 Å². The van der Waals surface area contributed by atoms with Crippen LogP contribution in [0.15, 0.2) is 24.4 Å². The number of aromatic amines is 1. The standard InChI is InChI=1S/C14H13ClFN5/c1-2-3-17-14-19-12(11-7-18-21-13(11)20-14)8-4-9(15)6-10(16)5-8/h4-7H,2-3H2,1H3,(H2,17,18,19,20,21). The fraction of sp³-hybridized carbons (Fsp3) is 0.214. The van der Waals surface area contributed by atoms with E-state index >= 15 is 0 Å². The van der Waals surface area contributed by atoms with E-state index in [1.165, 1.54) is 12.1 Å². The van der Waals surface area contributed by atoms with Gasteiger partial charge in [0.15, 0.2) is 5.65 Å². The molecule has 21 heavy (non-hydrogen) atoms. The quantitative estimate of drug-likeness (QED) is 0.772. The molecule has 5 nitrogen and oxygen atoms in total. The molecule has 0 radical (unpaired) electrons. The molecular formula is C14H13ClFN5. The number of nitrogens with zero attached hydrogens (tertiary/aromatic N) is 3. The van der Waals surface area contributed by atoms with E-state index in [4.69, 9.17) is 11.6 Å². The third-order valence-corrected chi connectivity index (χ3v) is 3.20. The van der Waals surface area contributed by atoms with Crippen LogP contribution < -0.4 is 5.32 Å². The van der Waals surface area contributed by atoms with Crippen LogP contribution in [0.3, 0.4) is 0 Å². The van der Waals surface area contributed by atoms with E-state index in [2.05, 4.69) is 32.4 Å². The summed E-state index contributed by atoms with van der Waals surface area (Å²) in [5.74, 6) is 0.0693. The van der Waals surface area contributed by atoms with E-state index in [9.17, 15) is 4.39 Å². The Morgan fingerprint density at radius 1 is 1.29 bits per heavy atom. The van der Waals surface area contributed by atoms with Crippen molar-refractivity contribution in [3.63, 3.8) is 0 Å². The number of fused-ring (bicyclic) bond motifs is 1. The first-order chi connectivity index (χ1) is 10.2. The summed E-state index contributed by atoms with van der Waals surface area (Å²) in [4.78, 5) is 8.79. The molecule has 2 N–H and O–H groups in total. The highest BCUT2D eigenvalue weighted by Crippen LogP contribution is 2.28. The number of anilines is 1. The number of hydrogen-bond acceptors (Lipinski definition) is 4. The maximum Gasteiger partial charge on any atom is 0.225 e. The van der Waals surface area contributed by atoms with Crippen molar-refractivity contribution in [3.05, 3.63) is 35.2 Å². The number of rotatable bonds is 4. The van der Waals surface area contributed by atoms with Crippen molar-refractivity contribution in [2.75, 3.05) is 11.9 Å². The number of H-pyrrole nitrogens is 1. The normalized spacial score (nSPS) is 11.0. The Hall–Kier alpha value is -2.21. The Balaban J connectivity index is 2.17. The second kappa shape index (κ2) is 5.65. The first kappa shape index (κ1) is 13.8. The molecule has 0 aliphatic heterocycles. The number of aromatic nitrogens is 4. The first-order valence-electron chi connectivity index (χ1n) is 6.59. The van der Waals surface area contributed by atoms with Gasteiger partial charge in [-0.05, 0) is 24.6 Å². The number of halogens is 2. The summed E-state index contributed by atoms with van der Waals surface area (Å²) < 4.78 is 13.6. The predicted molar refractivity (Wildman–Crippen MR) is 80.9 cm³/mol. The molecule has 3 rings (SSSR count). The molecule has 1 aromatic carbocycles. The molecule has 0 saturated heterocycles. The van der Waals surface area contributed by atoms with Gasteiger partial charge in [-0.1, -0.05) is 18.5 Å². The predicted octanol–water partition coefficient (Wildman–Crippen LogP) is 3.63. The molecule has 0 unspecified atom stereocenters. The second-order valence-electron chi connectivity index (χ2n) is 4.61. The molecule has 7 heteroatoms. The molecule has 0 atom stereocenters. The summed E-state index contributed by atoms with van der Waals surface area (Å²) in [6.07, 6.45) is 2.57. The topological polar surface area (TPSA) is 66.5 Å². The van der Waals surface area contributed by atoms with Gasteiger partial charge in [-0.3, -0.25) is 5.10 Å². The van der Waals surface area contributed by atoms with E-state index < -0.39 is 5.82 Å². The minimum atomic E-state index is -0.407. The Labute approximate surface area is 125 Å². The molecule has 3 aromatic rings. The maximum absolute atomic E-state index is 13.6. The Kier molecular flexibility index (Phi) is 3.70. The lowest BCUT2D eigenvalue weighted by molar-refractivity contribution is 0.628. The fourth-order valence-electron chi connectivity index (χ4n) is 2.06. The van der Waals surface area contributed by atoms with Gasteiger partial charge in [0.05, 0.1) is 17.3 Å². The lowest BCUT2D eigenvalue weighted by atomic mass is 10.1. The Morgan fingerprint density at radius 3 is 2.90 bits per heavy atom. The molecular weight excluding hydrogens is 293 g/mol. The Bertz CT molecular complexity index is 766. The van der Waals surface area contributed by atoms with Crippen LogP contribution in [0.2, 0.25) is 5.02 Å². The molecule has 0 saturated carbocycles. The summed E-state index contributed by atoms with van der Waals surface area (Å²) in [7, 11) is 0. The van der Waals surface area contributed by atoms with E-state index in [1.807, 2.05) is 0 Å². The molecule has 2 heterocycles. The maximum atomic E-state index is 13.6. The average molecular weight is 306 g/mol. The summed E-state index contributed by atoms with van der Waals surface area (Å²) in [6, 6.07) is 4.32. The van der Waals surface area contributed by atoms with Crippen LogP contribution in [0.5, 0.6) is 0 Å². The monoisotopic (exact) mass is 305 g/mol. The molecule has 0 spiro atoms. The van der Waals surface area contributed by atoms with Crippen molar-refractivity contribution in [2.24, 2.45) is 0 Å². The summed E-state index contributed by atoms with van der Waals surface area (Å²) in [5.41, 5.74) is 1.78. The molecule has 0 aliphatic carbocycles. The zero-order valence-corrected chi connectivity index (χ0v) is 12.1. The van der Waals surface area contributed by atoms with Crippen LogP contribution >= 0.6 is 11.6 Å². The average Bonchev–Trinajstić information content (AvgIpc) is 2.91. The van der Waals surface area contributed by atoms with Crippen molar-refractivity contribution in [1.82, 2.24) is 20.2 Å². The highest BCUT2D eigenvalue weighted by molar-refractivity contribution is 6.30. The van der Waals surface area contributed by atoms with Crippen LogP contribution in [0, 0.1) is 5.82 Å². The smallest absolute Gasteiger partial charge is 0.225 e. The van der Waals surface area contributed by atoms with Gasteiger partial charge in [0.1, 0.15) is 5.82 Å². The highest BCUT2D eigenvalue weighted by Gasteiger charge is 2.12. The van der Waals surface area contributed by atoms with Gasteiger partial charge < -0.3 is 5.32 Å². The summed E-state index contributed by atoms with van der Waals surface area (Å²) >= 11 is 5.93. The van der Waals surface area contributed by atoms with Gasteiger partial charge in [-0.2, -0.15) is 10.1 Å². The second-order valence-corrected chi connectivity index (χ2v) is 5.05. The number of nitrogens with one attached hydrogen (secondary N) is 2. The number of hydrogen-bond donors (Lipinski definition) is 2. The molecule has 0 amide bonds. The zero-order valence-electron chi connectivity index (χ0n) is 11.3. The Morgan fingerprint density at radius 2 is 2.14 bits per heavy atom. The number of benzene rings is 1. The van der Waals surface area contributed by atoms with Crippen LogP contribution in [-0.4, -0.2) is 26.7 Å².